The maximum absolute atomic E-state index is 10.9. The normalized spacial score (nSPS) is 32.1. The van der Waals surface area contributed by atoms with Crippen LogP contribution in [0, 0.1) is 5.41 Å². The molecule has 0 heterocycles. The summed E-state index contributed by atoms with van der Waals surface area (Å²) in [6.45, 7) is 3.87. The molecule has 0 radical (unpaired) electrons. The van der Waals surface area contributed by atoms with E-state index in [0.29, 0.717) is 0 Å². The second kappa shape index (κ2) is 2.39. The molecule has 0 aromatic carbocycles. The van der Waals surface area contributed by atoms with Crippen molar-refractivity contribution in [1.82, 2.24) is 0 Å². The third kappa shape index (κ3) is 0.988. The number of carbonyl (C=O) groups is 1. The summed E-state index contributed by atoms with van der Waals surface area (Å²) in [6, 6.07) is 0. The van der Waals surface area contributed by atoms with Gasteiger partial charge in [0.05, 0.1) is 5.41 Å². The molecule has 10 heavy (non-hydrogen) atoms. The van der Waals surface area contributed by atoms with Crippen LogP contribution < -0.4 is 0 Å². The fraction of sp³-hybridized carbons (Fsp3) is 0.625. The number of rotatable bonds is 1. The minimum atomic E-state index is -0.360. The van der Waals surface area contributed by atoms with Gasteiger partial charge in [-0.25, -0.2) is 0 Å². The van der Waals surface area contributed by atoms with Crippen LogP contribution in [0.5, 0.6) is 0 Å². The van der Waals surface area contributed by atoms with E-state index in [0.717, 1.165) is 18.4 Å². The standard InChI is InChI=1S/C8H11ClO/c1-6-4-3-5-8(6,2)7(9)10/h4H,3,5H2,1-2H3. The zero-order valence-electron chi connectivity index (χ0n) is 6.28. The van der Waals surface area contributed by atoms with Gasteiger partial charge in [-0.15, -0.1) is 0 Å². The van der Waals surface area contributed by atoms with Crippen LogP contribution >= 0.6 is 11.6 Å². The van der Waals surface area contributed by atoms with Crippen molar-refractivity contribution in [3.8, 4) is 0 Å². The maximum Gasteiger partial charge on any atom is 0.231 e. The van der Waals surface area contributed by atoms with Crippen molar-refractivity contribution in [2.24, 2.45) is 5.41 Å². The Balaban J connectivity index is 2.89. The molecule has 0 saturated carbocycles. The van der Waals surface area contributed by atoms with Gasteiger partial charge in [0.1, 0.15) is 0 Å². The van der Waals surface area contributed by atoms with Crippen LogP contribution in [0.3, 0.4) is 0 Å². The molecule has 0 N–H and O–H groups in total. The largest absolute Gasteiger partial charge is 0.280 e. The molecule has 1 rings (SSSR count). The number of allylic oxidation sites excluding steroid dienone is 2. The first-order valence-electron chi connectivity index (χ1n) is 3.44. The second-order valence-electron chi connectivity index (χ2n) is 3.03. The van der Waals surface area contributed by atoms with Gasteiger partial charge in [-0.1, -0.05) is 11.6 Å². The first kappa shape index (κ1) is 7.80. The molecule has 1 nitrogen and oxygen atoms in total. The molecule has 0 bridgehead atoms. The summed E-state index contributed by atoms with van der Waals surface area (Å²) < 4.78 is 0. The van der Waals surface area contributed by atoms with Crippen LogP contribution in [-0.2, 0) is 4.79 Å². The van der Waals surface area contributed by atoms with Crippen molar-refractivity contribution in [2.75, 3.05) is 0 Å². The molecule has 56 valence electrons. The predicted molar refractivity (Wildman–Crippen MR) is 42.0 cm³/mol. The predicted octanol–water partition coefficient (Wildman–Crippen LogP) is 2.50. The van der Waals surface area contributed by atoms with Crippen molar-refractivity contribution < 1.29 is 4.79 Å². The highest BCUT2D eigenvalue weighted by Gasteiger charge is 2.35. The van der Waals surface area contributed by atoms with Crippen LogP contribution in [0.2, 0.25) is 0 Å². The first-order chi connectivity index (χ1) is 4.57. The maximum atomic E-state index is 10.9. The summed E-state index contributed by atoms with van der Waals surface area (Å²) in [5, 5.41) is -0.223. The molecule has 1 unspecified atom stereocenters. The Labute approximate surface area is 66.1 Å². The van der Waals surface area contributed by atoms with Crippen molar-refractivity contribution in [1.29, 1.82) is 0 Å². The Bertz CT molecular complexity index is 195. The van der Waals surface area contributed by atoms with E-state index in [1.54, 1.807) is 0 Å². The second-order valence-corrected chi connectivity index (χ2v) is 3.37. The fourth-order valence-corrected chi connectivity index (χ4v) is 1.50. The molecular weight excluding hydrogens is 148 g/mol. The molecule has 1 aliphatic rings. The lowest BCUT2D eigenvalue weighted by Crippen LogP contribution is -2.21. The Morgan fingerprint density at radius 2 is 2.40 bits per heavy atom. The summed E-state index contributed by atoms with van der Waals surface area (Å²) in [6.07, 6.45) is 3.95. The fourth-order valence-electron chi connectivity index (χ4n) is 1.25. The zero-order valence-corrected chi connectivity index (χ0v) is 7.03. The Kier molecular flexibility index (Phi) is 1.86. The van der Waals surface area contributed by atoms with Crippen LogP contribution in [0.1, 0.15) is 26.7 Å². The average molecular weight is 159 g/mol. The van der Waals surface area contributed by atoms with Crippen LogP contribution in [0.4, 0.5) is 0 Å². The molecule has 0 aromatic heterocycles. The Morgan fingerprint density at radius 1 is 1.80 bits per heavy atom. The molecule has 2 heteroatoms. The van der Waals surface area contributed by atoms with Crippen LogP contribution in [0.25, 0.3) is 0 Å². The molecule has 0 spiro atoms. The van der Waals surface area contributed by atoms with Crippen molar-refractivity contribution in [3.05, 3.63) is 11.6 Å². The number of halogens is 1. The SMILES string of the molecule is CC1=CCCC1(C)C(=O)Cl. The van der Waals surface area contributed by atoms with Gasteiger partial charge in [-0.05, 0) is 38.3 Å². The molecule has 0 aliphatic heterocycles. The quantitative estimate of drug-likeness (QED) is 0.423. The van der Waals surface area contributed by atoms with E-state index in [9.17, 15) is 4.79 Å². The minimum Gasteiger partial charge on any atom is -0.280 e. The number of carbonyl (C=O) groups excluding carboxylic acids is 1. The van der Waals surface area contributed by atoms with Gasteiger partial charge < -0.3 is 0 Å². The molecule has 0 saturated heterocycles. The van der Waals surface area contributed by atoms with Crippen LogP contribution in [-0.4, -0.2) is 5.24 Å². The van der Waals surface area contributed by atoms with Gasteiger partial charge in [-0.3, -0.25) is 4.79 Å². The Morgan fingerprint density at radius 3 is 2.60 bits per heavy atom. The molecule has 0 amide bonds. The zero-order chi connectivity index (χ0) is 7.78. The van der Waals surface area contributed by atoms with E-state index in [4.69, 9.17) is 11.6 Å². The highest BCUT2D eigenvalue weighted by molar-refractivity contribution is 6.65. The summed E-state index contributed by atoms with van der Waals surface area (Å²) in [4.78, 5) is 10.9. The van der Waals surface area contributed by atoms with E-state index in [1.165, 1.54) is 0 Å². The molecule has 1 aliphatic carbocycles. The van der Waals surface area contributed by atoms with E-state index in [-0.39, 0.29) is 10.7 Å². The van der Waals surface area contributed by atoms with Crippen molar-refractivity contribution in [3.63, 3.8) is 0 Å². The summed E-state index contributed by atoms with van der Waals surface area (Å²) in [5.41, 5.74) is 0.758. The monoisotopic (exact) mass is 158 g/mol. The van der Waals surface area contributed by atoms with Crippen molar-refractivity contribution >= 4 is 16.8 Å². The van der Waals surface area contributed by atoms with E-state index >= 15 is 0 Å². The van der Waals surface area contributed by atoms with Gasteiger partial charge in [0.15, 0.2) is 0 Å². The Hall–Kier alpha value is -0.300. The molecule has 0 aromatic rings. The lowest BCUT2D eigenvalue weighted by molar-refractivity contribution is -0.118. The lowest BCUT2D eigenvalue weighted by Gasteiger charge is -2.19. The topological polar surface area (TPSA) is 17.1 Å². The number of hydrogen-bond acceptors (Lipinski definition) is 1. The molecular formula is C8H11ClO. The van der Waals surface area contributed by atoms with Gasteiger partial charge in [0.25, 0.3) is 0 Å². The van der Waals surface area contributed by atoms with Crippen molar-refractivity contribution in [2.45, 2.75) is 26.7 Å². The van der Waals surface area contributed by atoms with E-state index < -0.39 is 0 Å². The summed E-state index contributed by atoms with van der Waals surface area (Å²) in [7, 11) is 0. The summed E-state index contributed by atoms with van der Waals surface area (Å²) in [5.74, 6) is 0. The minimum absolute atomic E-state index is 0.223. The number of hydrogen-bond donors (Lipinski definition) is 0. The van der Waals surface area contributed by atoms with Gasteiger partial charge in [0, 0.05) is 0 Å². The third-order valence-electron chi connectivity index (χ3n) is 2.40. The van der Waals surface area contributed by atoms with E-state index in [1.807, 2.05) is 13.8 Å². The van der Waals surface area contributed by atoms with Gasteiger partial charge >= 0.3 is 0 Å². The average Bonchev–Trinajstić information content (AvgIpc) is 2.15. The van der Waals surface area contributed by atoms with Gasteiger partial charge in [0.2, 0.25) is 5.24 Å². The first-order valence-corrected chi connectivity index (χ1v) is 3.82. The van der Waals surface area contributed by atoms with Gasteiger partial charge in [-0.2, -0.15) is 0 Å². The van der Waals surface area contributed by atoms with E-state index in [2.05, 4.69) is 6.08 Å². The molecule has 0 fully saturated rings. The third-order valence-corrected chi connectivity index (χ3v) is 2.82. The van der Waals surface area contributed by atoms with Crippen LogP contribution in [0.15, 0.2) is 11.6 Å². The summed E-state index contributed by atoms with van der Waals surface area (Å²) >= 11 is 5.44. The highest BCUT2D eigenvalue weighted by atomic mass is 35.5. The molecule has 1 atom stereocenters. The smallest absolute Gasteiger partial charge is 0.231 e. The lowest BCUT2D eigenvalue weighted by atomic mass is 9.86. The highest BCUT2D eigenvalue weighted by Crippen LogP contribution is 2.39.